The topological polar surface area (TPSA) is 12.9 Å². The molecule has 84 valence electrons. The van der Waals surface area contributed by atoms with Crippen molar-refractivity contribution in [3.05, 3.63) is 41.3 Å². The Bertz CT molecular complexity index is 538. The highest BCUT2D eigenvalue weighted by atomic mass is 19.1. The number of benzene rings is 1. The highest BCUT2D eigenvalue weighted by molar-refractivity contribution is 5.83. The molecule has 2 aromatic rings. The molecule has 0 amide bonds. The highest BCUT2D eigenvalue weighted by Crippen LogP contribution is 2.30. The summed E-state index contributed by atoms with van der Waals surface area (Å²) in [6.07, 6.45) is 0. The first-order valence-corrected chi connectivity index (χ1v) is 5.46. The third-order valence-electron chi connectivity index (χ3n) is 2.75. The number of pyridine rings is 1. The number of aromatic nitrogens is 1. The van der Waals surface area contributed by atoms with Crippen LogP contribution >= 0.6 is 0 Å². The van der Waals surface area contributed by atoms with E-state index in [2.05, 4.69) is 25.8 Å². The largest absolute Gasteiger partial charge is 0.253 e. The SMILES string of the molecule is Cc1ccc2c(F)ccc(C(C)(C)C)c2n1. The maximum Gasteiger partial charge on any atom is 0.132 e. The van der Waals surface area contributed by atoms with Gasteiger partial charge in [-0.3, -0.25) is 4.98 Å². The molecule has 0 unspecified atom stereocenters. The monoisotopic (exact) mass is 217 g/mol. The van der Waals surface area contributed by atoms with Crippen molar-refractivity contribution in [1.29, 1.82) is 0 Å². The van der Waals surface area contributed by atoms with Crippen molar-refractivity contribution in [3.63, 3.8) is 0 Å². The molecular weight excluding hydrogens is 201 g/mol. The molecule has 0 bridgehead atoms. The second-order valence-electron chi connectivity index (χ2n) is 5.19. The van der Waals surface area contributed by atoms with Gasteiger partial charge in [0.05, 0.1) is 5.52 Å². The van der Waals surface area contributed by atoms with Crippen molar-refractivity contribution in [2.75, 3.05) is 0 Å². The van der Waals surface area contributed by atoms with Crippen molar-refractivity contribution < 1.29 is 4.39 Å². The summed E-state index contributed by atoms with van der Waals surface area (Å²) in [7, 11) is 0. The molecule has 1 aromatic carbocycles. The minimum Gasteiger partial charge on any atom is -0.253 e. The van der Waals surface area contributed by atoms with E-state index in [9.17, 15) is 4.39 Å². The molecular formula is C14H16FN. The van der Waals surface area contributed by atoms with E-state index in [1.807, 2.05) is 25.1 Å². The minimum absolute atomic E-state index is 0.0211. The third-order valence-corrected chi connectivity index (χ3v) is 2.75. The van der Waals surface area contributed by atoms with E-state index in [4.69, 9.17) is 0 Å². The summed E-state index contributed by atoms with van der Waals surface area (Å²) in [5.74, 6) is -0.199. The zero-order valence-corrected chi connectivity index (χ0v) is 10.1. The quantitative estimate of drug-likeness (QED) is 0.650. The van der Waals surface area contributed by atoms with Crippen molar-refractivity contribution in [3.8, 4) is 0 Å². The van der Waals surface area contributed by atoms with Gasteiger partial charge in [0.25, 0.3) is 0 Å². The van der Waals surface area contributed by atoms with Crippen LogP contribution in [0.3, 0.4) is 0 Å². The second-order valence-corrected chi connectivity index (χ2v) is 5.19. The van der Waals surface area contributed by atoms with Crippen LogP contribution in [-0.4, -0.2) is 4.98 Å². The smallest absolute Gasteiger partial charge is 0.132 e. The van der Waals surface area contributed by atoms with Gasteiger partial charge in [-0.15, -0.1) is 0 Å². The van der Waals surface area contributed by atoms with E-state index in [1.165, 1.54) is 6.07 Å². The van der Waals surface area contributed by atoms with Crippen LogP contribution in [0.1, 0.15) is 32.0 Å². The molecule has 0 aliphatic rings. The number of halogens is 1. The predicted octanol–water partition coefficient (Wildman–Crippen LogP) is 3.98. The normalized spacial score (nSPS) is 12.1. The zero-order chi connectivity index (χ0) is 11.9. The Hall–Kier alpha value is -1.44. The molecule has 0 fully saturated rings. The molecule has 1 nitrogen and oxygen atoms in total. The molecule has 16 heavy (non-hydrogen) atoms. The lowest BCUT2D eigenvalue weighted by atomic mass is 9.85. The van der Waals surface area contributed by atoms with Crippen LogP contribution in [0.4, 0.5) is 4.39 Å². The summed E-state index contributed by atoms with van der Waals surface area (Å²) in [5, 5.41) is 0.609. The Morgan fingerprint density at radius 1 is 1.06 bits per heavy atom. The molecule has 1 aromatic heterocycles. The molecule has 0 aliphatic carbocycles. The molecule has 0 radical (unpaired) electrons. The van der Waals surface area contributed by atoms with Crippen LogP contribution in [0.2, 0.25) is 0 Å². The molecule has 0 atom stereocenters. The Labute approximate surface area is 95.3 Å². The number of rotatable bonds is 0. The van der Waals surface area contributed by atoms with E-state index in [0.29, 0.717) is 5.39 Å². The van der Waals surface area contributed by atoms with Gasteiger partial charge < -0.3 is 0 Å². The molecule has 0 saturated heterocycles. The molecule has 0 saturated carbocycles. The molecule has 0 spiro atoms. The first-order chi connectivity index (χ1) is 7.39. The van der Waals surface area contributed by atoms with E-state index < -0.39 is 0 Å². The summed E-state index contributed by atoms with van der Waals surface area (Å²) in [5.41, 5.74) is 2.77. The fourth-order valence-corrected chi connectivity index (χ4v) is 1.89. The fraction of sp³-hybridized carbons (Fsp3) is 0.357. The third kappa shape index (κ3) is 1.80. The minimum atomic E-state index is -0.199. The molecule has 0 N–H and O–H groups in total. The Balaban J connectivity index is 2.86. The van der Waals surface area contributed by atoms with Crippen LogP contribution in [0.15, 0.2) is 24.3 Å². The van der Waals surface area contributed by atoms with Crippen molar-refractivity contribution >= 4 is 10.9 Å². The number of hydrogen-bond acceptors (Lipinski definition) is 1. The van der Waals surface area contributed by atoms with Gasteiger partial charge in [0.2, 0.25) is 0 Å². The van der Waals surface area contributed by atoms with Crippen LogP contribution in [-0.2, 0) is 5.41 Å². The van der Waals surface area contributed by atoms with Crippen molar-refractivity contribution in [2.24, 2.45) is 0 Å². The van der Waals surface area contributed by atoms with Gasteiger partial charge in [-0.1, -0.05) is 26.8 Å². The van der Waals surface area contributed by atoms with E-state index in [1.54, 1.807) is 0 Å². The second kappa shape index (κ2) is 3.55. The van der Waals surface area contributed by atoms with Crippen molar-refractivity contribution in [1.82, 2.24) is 4.98 Å². The van der Waals surface area contributed by atoms with Crippen LogP contribution < -0.4 is 0 Å². The zero-order valence-electron chi connectivity index (χ0n) is 10.1. The van der Waals surface area contributed by atoms with Gasteiger partial charge >= 0.3 is 0 Å². The van der Waals surface area contributed by atoms with Crippen LogP contribution in [0, 0.1) is 12.7 Å². The average molecular weight is 217 g/mol. The standard InChI is InChI=1S/C14H16FN/c1-9-5-6-10-12(15)8-7-11(13(10)16-9)14(2,3)4/h5-8H,1-4H3. The summed E-state index contributed by atoms with van der Waals surface area (Å²) < 4.78 is 13.6. The molecule has 2 heteroatoms. The van der Waals surface area contributed by atoms with E-state index in [-0.39, 0.29) is 11.2 Å². The summed E-state index contributed by atoms with van der Waals surface area (Å²) in [6, 6.07) is 7.02. The number of nitrogens with zero attached hydrogens (tertiary/aromatic N) is 1. The molecule has 2 rings (SSSR count). The Morgan fingerprint density at radius 3 is 2.38 bits per heavy atom. The van der Waals surface area contributed by atoms with Crippen LogP contribution in [0.25, 0.3) is 10.9 Å². The average Bonchev–Trinajstić information content (AvgIpc) is 2.15. The van der Waals surface area contributed by atoms with Gasteiger partial charge in [-0.2, -0.15) is 0 Å². The van der Waals surface area contributed by atoms with Gasteiger partial charge in [-0.25, -0.2) is 4.39 Å². The number of hydrogen-bond donors (Lipinski definition) is 0. The maximum absolute atomic E-state index is 13.6. The lowest BCUT2D eigenvalue weighted by Crippen LogP contribution is -2.12. The molecule has 0 aliphatic heterocycles. The Kier molecular flexibility index (Phi) is 2.45. The van der Waals surface area contributed by atoms with Gasteiger partial charge in [0.15, 0.2) is 0 Å². The van der Waals surface area contributed by atoms with Gasteiger partial charge in [0.1, 0.15) is 5.82 Å². The lowest BCUT2D eigenvalue weighted by Gasteiger charge is -2.21. The summed E-state index contributed by atoms with van der Waals surface area (Å²) >= 11 is 0. The first kappa shape index (κ1) is 11.1. The maximum atomic E-state index is 13.6. The lowest BCUT2D eigenvalue weighted by molar-refractivity contribution is 0.590. The first-order valence-electron chi connectivity index (χ1n) is 5.46. The highest BCUT2D eigenvalue weighted by Gasteiger charge is 2.19. The predicted molar refractivity (Wildman–Crippen MR) is 65.1 cm³/mol. The summed E-state index contributed by atoms with van der Waals surface area (Å²) in [6.45, 7) is 8.27. The number of fused-ring (bicyclic) bond motifs is 1. The van der Waals surface area contributed by atoms with E-state index >= 15 is 0 Å². The Morgan fingerprint density at radius 2 is 1.75 bits per heavy atom. The van der Waals surface area contributed by atoms with E-state index in [0.717, 1.165) is 16.8 Å². The fourth-order valence-electron chi connectivity index (χ4n) is 1.89. The molecule has 1 heterocycles. The van der Waals surface area contributed by atoms with Crippen molar-refractivity contribution in [2.45, 2.75) is 33.1 Å². The van der Waals surface area contributed by atoms with Crippen LogP contribution in [0.5, 0.6) is 0 Å². The van der Waals surface area contributed by atoms with Gasteiger partial charge in [0, 0.05) is 11.1 Å². The summed E-state index contributed by atoms with van der Waals surface area (Å²) in [4.78, 5) is 4.46. The van der Waals surface area contributed by atoms with Gasteiger partial charge in [-0.05, 0) is 36.1 Å². The number of aryl methyl sites for hydroxylation is 1.